The van der Waals surface area contributed by atoms with Crippen molar-refractivity contribution < 1.29 is 0 Å². The highest BCUT2D eigenvalue weighted by Crippen LogP contribution is 2.38. The van der Waals surface area contributed by atoms with Gasteiger partial charge in [-0.1, -0.05) is 45.0 Å². The van der Waals surface area contributed by atoms with Crippen molar-refractivity contribution in [2.75, 3.05) is 0 Å². The molecule has 0 fully saturated rings. The minimum absolute atomic E-state index is 0.140. The second kappa shape index (κ2) is 4.98. The molecule has 0 radical (unpaired) electrons. The third-order valence-electron chi connectivity index (χ3n) is 3.61. The summed E-state index contributed by atoms with van der Waals surface area (Å²) in [5.41, 5.74) is 3.26. The van der Waals surface area contributed by atoms with Gasteiger partial charge < -0.3 is 0 Å². The Bertz CT molecular complexity index is 830. The molecule has 0 aliphatic carbocycles. The van der Waals surface area contributed by atoms with E-state index >= 15 is 0 Å². The van der Waals surface area contributed by atoms with Gasteiger partial charge in [-0.25, -0.2) is 0 Å². The minimum atomic E-state index is 0.140. The van der Waals surface area contributed by atoms with Crippen LogP contribution >= 0.6 is 11.3 Å². The van der Waals surface area contributed by atoms with Crippen molar-refractivity contribution in [1.82, 2.24) is 4.98 Å². The molecule has 0 aliphatic rings. The zero-order valence-corrected chi connectivity index (χ0v) is 13.2. The first-order chi connectivity index (χ1) is 10.0. The Kier molecular flexibility index (Phi) is 3.27. The Balaban J connectivity index is 2.15. The predicted molar refractivity (Wildman–Crippen MR) is 88.5 cm³/mol. The lowest BCUT2D eigenvalue weighted by Crippen LogP contribution is -2.10. The Labute approximate surface area is 128 Å². The maximum absolute atomic E-state index is 9.48. The number of nitrogens with zero attached hydrogens (tertiary/aromatic N) is 2. The predicted octanol–water partition coefficient (Wildman–Crippen LogP) is 5.13. The van der Waals surface area contributed by atoms with E-state index < -0.39 is 0 Å². The summed E-state index contributed by atoms with van der Waals surface area (Å²) >= 11 is 1.65. The van der Waals surface area contributed by atoms with Crippen molar-refractivity contribution in [3.63, 3.8) is 0 Å². The van der Waals surface area contributed by atoms with Crippen LogP contribution in [0.5, 0.6) is 0 Å². The van der Waals surface area contributed by atoms with E-state index in [0.29, 0.717) is 0 Å². The van der Waals surface area contributed by atoms with Crippen LogP contribution in [0.15, 0.2) is 42.7 Å². The lowest BCUT2D eigenvalue weighted by molar-refractivity contribution is 0.590. The molecule has 0 bridgehead atoms. The smallest absolute Gasteiger partial charge is 0.101 e. The van der Waals surface area contributed by atoms with E-state index in [1.165, 1.54) is 5.56 Å². The van der Waals surface area contributed by atoms with Crippen molar-refractivity contribution in [3.05, 3.63) is 53.9 Å². The van der Waals surface area contributed by atoms with Gasteiger partial charge in [0.2, 0.25) is 0 Å². The maximum atomic E-state index is 9.48. The minimum Gasteiger partial charge on any atom is -0.264 e. The average Bonchev–Trinajstić information content (AvgIpc) is 2.85. The number of benzene rings is 1. The third-order valence-corrected chi connectivity index (χ3v) is 4.83. The van der Waals surface area contributed by atoms with E-state index in [2.05, 4.69) is 56.1 Å². The number of aromatic nitrogens is 1. The molecule has 3 heteroatoms. The van der Waals surface area contributed by atoms with Crippen LogP contribution in [-0.4, -0.2) is 4.98 Å². The molecule has 0 amide bonds. The van der Waals surface area contributed by atoms with Crippen LogP contribution in [0.4, 0.5) is 0 Å². The number of fused-ring (bicyclic) bond motifs is 1. The highest BCUT2D eigenvalue weighted by atomic mass is 32.1. The number of hydrogen-bond donors (Lipinski definition) is 0. The summed E-state index contributed by atoms with van der Waals surface area (Å²) in [6.07, 6.45) is 3.55. The summed E-state index contributed by atoms with van der Waals surface area (Å²) in [5.74, 6) is 0. The SMILES string of the molecule is CC(C)(C)c1ccc(-c2sc3ccncc3c2C#N)cc1. The molecule has 2 aromatic heterocycles. The molecule has 3 aromatic rings. The lowest BCUT2D eigenvalue weighted by atomic mass is 9.86. The molecule has 0 saturated heterocycles. The molecule has 0 unspecified atom stereocenters. The Hall–Kier alpha value is -2.18. The molecule has 3 rings (SSSR count). The van der Waals surface area contributed by atoms with Crippen LogP contribution < -0.4 is 0 Å². The summed E-state index contributed by atoms with van der Waals surface area (Å²) in [5, 5.41) is 10.4. The zero-order valence-electron chi connectivity index (χ0n) is 12.3. The van der Waals surface area contributed by atoms with Gasteiger partial charge >= 0.3 is 0 Å². The first-order valence-electron chi connectivity index (χ1n) is 6.88. The first-order valence-corrected chi connectivity index (χ1v) is 7.70. The van der Waals surface area contributed by atoms with Crippen molar-refractivity contribution in [2.24, 2.45) is 0 Å². The molecule has 0 aliphatic heterocycles. The molecule has 0 atom stereocenters. The average molecular weight is 292 g/mol. The van der Waals surface area contributed by atoms with Crippen LogP contribution in [0.2, 0.25) is 0 Å². The molecular formula is C18H16N2S. The molecule has 2 nitrogen and oxygen atoms in total. The van der Waals surface area contributed by atoms with Gasteiger partial charge in [-0.3, -0.25) is 4.98 Å². The van der Waals surface area contributed by atoms with Gasteiger partial charge in [0.05, 0.1) is 10.4 Å². The Morgan fingerprint density at radius 3 is 2.43 bits per heavy atom. The van der Waals surface area contributed by atoms with E-state index in [4.69, 9.17) is 0 Å². The molecule has 21 heavy (non-hydrogen) atoms. The topological polar surface area (TPSA) is 36.7 Å². The van der Waals surface area contributed by atoms with Crippen molar-refractivity contribution in [2.45, 2.75) is 26.2 Å². The second-order valence-electron chi connectivity index (χ2n) is 6.12. The third kappa shape index (κ3) is 2.43. The fourth-order valence-electron chi connectivity index (χ4n) is 2.38. The molecule has 104 valence electrons. The Morgan fingerprint density at radius 1 is 1.10 bits per heavy atom. The lowest BCUT2D eigenvalue weighted by Gasteiger charge is -2.19. The second-order valence-corrected chi connectivity index (χ2v) is 7.17. The molecule has 0 spiro atoms. The molecule has 2 heterocycles. The van der Waals surface area contributed by atoms with Gasteiger partial charge in [0.15, 0.2) is 0 Å². The number of nitriles is 1. The molecular weight excluding hydrogens is 276 g/mol. The monoisotopic (exact) mass is 292 g/mol. The highest BCUT2D eigenvalue weighted by Gasteiger charge is 2.16. The summed E-state index contributed by atoms with van der Waals surface area (Å²) in [4.78, 5) is 5.16. The van der Waals surface area contributed by atoms with Crippen LogP contribution in [-0.2, 0) is 5.41 Å². The Morgan fingerprint density at radius 2 is 1.81 bits per heavy atom. The summed E-state index contributed by atoms with van der Waals surface area (Å²) in [6.45, 7) is 6.61. The van der Waals surface area contributed by atoms with E-state index in [1.807, 2.05) is 6.07 Å². The fraction of sp³-hybridized carbons (Fsp3) is 0.222. The van der Waals surface area contributed by atoms with Gasteiger partial charge in [0, 0.05) is 22.5 Å². The van der Waals surface area contributed by atoms with Gasteiger partial charge in [0.1, 0.15) is 6.07 Å². The number of hydrogen-bond acceptors (Lipinski definition) is 3. The summed E-state index contributed by atoms with van der Waals surface area (Å²) < 4.78 is 1.11. The van der Waals surface area contributed by atoms with Crippen LogP contribution in [0.1, 0.15) is 31.9 Å². The molecule has 0 N–H and O–H groups in total. The summed E-state index contributed by atoms with van der Waals surface area (Å²) in [7, 11) is 0. The van der Waals surface area contributed by atoms with E-state index in [1.54, 1.807) is 23.7 Å². The maximum Gasteiger partial charge on any atom is 0.101 e. The fourth-order valence-corrected chi connectivity index (χ4v) is 3.50. The molecule has 0 saturated carbocycles. The van der Waals surface area contributed by atoms with E-state index in [-0.39, 0.29) is 5.41 Å². The molecule has 1 aromatic carbocycles. The van der Waals surface area contributed by atoms with Crippen molar-refractivity contribution in [3.8, 4) is 16.5 Å². The highest BCUT2D eigenvalue weighted by molar-refractivity contribution is 7.22. The van der Waals surface area contributed by atoms with Gasteiger partial charge in [-0.2, -0.15) is 5.26 Å². The zero-order chi connectivity index (χ0) is 15.0. The van der Waals surface area contributed by atoms with Gasteiger partial charge in [0.25, 0.3) is 0 Å². The normalized spacial score (nSPS) is 11.5. The number of thiophene rings is 1. The first kappa shape index (κ1) is 13.8. The van der Waals surface area contributed by atoms with Crippen LogP contribution in [0.25, 0.3) is 20.5 Å². The van der Waals surface area contributed by atoms with E-state index in [0.717, 1.165) is 26.1 Å². The van der Waals surface area contributed by atoms with Gasteiger partial charge in [-0.05, 0) is 22.6 Å². The van der Waals surface area contributed by atoms with Crippen LogP contribution in [0, 0.1) is 11.3 Å². The number of rotatable bonds is 1. The van der Waals surface area contributed by atoms with Gasteiger partial charge in [-0.15, -0.1) is 11.3 Å². The standard InChI is InChI=1S/C18H16N2S/c1-18(2,3)13-6-4-12(5-7-13)17-14(10-19)15-11-20-9-8-16(15)21-17/h4-9,11H,1-3H3. The van der Waals surface area contributed by atoms with Crippen molar-refractivity contribution in [1.29, 1.82) is 5.26 Å². The van der Waals surface area contributed by atoms with Crippen molar-refractivity contribution >= 4 is 21.4 Å². The van der Waals surface area contributed by atoms with E-state index in [9.17, 15) is 5.26 Å². The quantitative estimate of drug-likeness (QED) is 0.623. The van der Waals surface area contributed by atoms with Crippen LogP contribution in [0.3, 0.4) is 0 Å². The summed E-state index contributed by atoms with van der Waals surface area (Å²) in [6, 6.07) is 12.8. The number of pyridine rings is 1. The largest absolute Gasteiger partial charge is 0.264 e.